The third kappa shape index (κ3) is 4.37. The van der Waals surface area contributed by atoms with E-state index < -0.39 is 0 Å². The Hall–Kier alpha value is -1.83. The molecule has 0 radical (unpaired) electrons. The minimum Gasteiger partial charge on any atom is -0.368 e. The zero-order valence-corrected chi connectivity index (χ0v) is 14.3. The SMILES string of the molecule is Cc1cc(CNC(=O)CN2CCOC(c3nccs3)C2)ccc1F. The average molecular weight is 349 g/mol. The van der Waals surface area contributed by atoms with Crippen LogP contribution in [0.1, 0.15) is 22.2 Å². The molecule has 1 atom stereocenters. The Balaban J connectivity index is 1.48. The Labute approximate surface area is 144 Å². The highest BCUT2D eigenvalue weighted by atomic mass is 32.1. The number of benzene rings is 1. The third-order valence-corrected chi connectivity index (χ3v) is 4.82. The summed E-state index contributed by atoms with van der Waals surface area (Å²) in [6, 6.07) is 4.87. The molecule has 0 bridgehead atoms. The fourth-order valence-electron chi connectivity index (χ4n) is 2.67. The van der Waals surface area contributed by atoms with Crippen LogP contribution < -0.4 is 5.32 Å². The fourth-order valence-corrected chi connectivity index (χ4v) is 3.34. The normalized spacial score (nSPS) is 18.5. The number of hydrogen-bond donors (Lipinski definition) is 1. The molecule has 128 valence electrons. The molecule has 5 nitrogen and oxygen atoms in total. The maximum Gasteiger partial charge on any atom is 0.234 e. The van der Waals surface area contributed by atoms with Gasteiger partial charge in [-0.3, -0.25) is 9.69 Å². The van der Waals surface area contributed by atoms with Gasteiger partial charge in [0, 0.05) is 31.2 Å². The molecule has 24 heavy (non-hydrogen) atoms. The Morgan fingerprint density at radius 2 is 2.42 bits per heavy atom. The van der Waals surface area contributed by atoms with Gasteiger partial charge in [-0.25, -0.2) is 9.37 Å². The summed E-state index contributed by atoms with van der Waals surface area (Å²) < 4.78 is 19.0. The van der Waals surface area contributed by atoms with Gasteiger partial charge in [0.05, 0.1) is 13.2 Å². The van der Waals surface area contributed by atoms with Crippen LogP contribution in [0.3, 0.4) is 0 Å². The molecular weight excluding hydrogens is 329 g/mol. The standard InChI is InChI=1S/C17H20FN3O2S/c1-12-8-13(2-3-14(12)18)9-20-16(22)11-21-5-6-23-15(10-21)17-19-4-7-24-17/h2-4,7-8,15H,5-6,9-11H2,1H3,(H,20,22). The molecule has 1 aliphatic heterocycles. The number of nitrogens with zero attached hydrogens (tertiary/aromatic N) is 2. The number of hydrogen-bond acceptors (Lipinski definition) is 5. The van der Waals surface area contributed by atoms with Gasteiger partial charge in [-0.2, -0.15) is 0 Å². The molecule has 0 aliphatic carbocycles. The van der Waals surface area contributed by atoms with Crippen LogP contribution in [0.5, 0.6) is 0 Å². The van der Waals surface area contributed by atoms with E-state index in [1.165, 1.54) is 6.07 Å². The van der Waals surface area contributed by atoms with Gasteiger partial charge >= 0.3 is 0 Å². The van der Waals surface area contributed by atoms with E-state index in [4.69, 9.17) is 4.74 Å². The van der Waals surface area contributed by atoms with Crippen LogP contribution in [0, 0.1) is 12.7 Å². The summed E-state index contributed by atoms with van der Waals surface area (Å²) >= 11 is 1.57. The van der Waals surface area contributed by atoms with Crippen LogP contribution in [-0.4, -0.2) is 42.0 Å². The van der Waals surface area contributed by atoms with Crippen molar-refractivity contribution < 1.29 is 13.9 Å². The lowest BCUT2D eigenvalue weighted by Gasteiger charge is -2.31. The summed E-state index contributed by atoms with van der Waals surface area (Å²) in [4.78, 5) is 18.5. The van der Waals surface area contributed by atoms with Crippen molar-refractivity contribution in [2.75, 3.05) is 26.2 Å². The Morgan fingerprint density at radius 3 is 3.17 bits per heavy atom. The van der Waals surface area contributed by atoms with E-state index in [0.717, 1.165) is 17.1 Å². The maximum atomic E-state index is 13.2. The van der Waals surface area contributed by atoms with Gasteiger partial charge in [-0.05, 0) is 24.1 Å². The van der Waals surface area contributed by atoms with Crippen LogP contribution >= 0.6 is 11.3 Å². The second-order valence-electron chi connectivity index (χ2n) is 5.83. The molecule has 1 aliphatic rings. The zero-order chi connectivity index (χ0) is 16.9. The van der Waals surface area contributed by atoms with Crippen molar-refractivity contribution in [2.45, 2.75) is 19.6 Å². The van der Waals surface area contributed by atoms with Crippen molar-refractivity contribution in [3.8, 4) is 0 Å². The molecule has 3 rings (SSSR count). The number of thiazole rings is 1. The zero-order valence-electron chi connectivity index (χ0n) is 13.5. The predicted molar refractivity (Wildman–Crippen MR) is 90.2 cm³/mol. The fraction of sp³-hybridized carbons (Fsp3) is 0.412. The van der Waals surface area contributed by atoms with Gasteiger partial charge in [0.15, 0.2) is 0 Å². The Morgan fingerprint density at radius 1 is 1.54 bits per heavy atom. The molecular formula is C17H20FN3O2S. The number of nitrogens with one attached hydrogen (secondary N) is 1. The lowest BCUT2D eigenvalue weighted by molar-refractivity contribution is -0.124. The molecule has 1 amide bonds. The Bertz CT molecular complexity index is 693. The number of morpholine rings is 1. The average Bonchev–Trinajstić information content (AvgIpc) is 3.11. The van der Waals surface area contributed by atoms with Gasteiger partial charge < -0.3 is 10.1 Å². The first-order valence-electron chi connectivity index (χ1n) is 7.87. The molecule has 2 heterocycles. The number of aromatic nitrogens is 1. The van der Waals surface area contributed by atoms with Crippen LogP contribution in [0.25, 0.3) is 0 Å². The van der Waals surface area contributed by atoms with E-state index in [1.807, 2.05) is 5.38 Å². The molecule has 1 aromatic heterocycles. The number of halogens is 1. The van der Waals surface area contributed by atoms with Gasteiger partial charge in [-0.15, -0.1) is 11.3 Å². The monoisotopic (exact) mass is 349 g/mol. The van der Waals surface area contributed by atoms with Crippen molar-refractivity contribution >= 4 is 17.2 Å². The predicted octanol–water partition coefficient (Wildman–Crippen LogP) is 2.28. The van der Waals surface area contributed by atoms with Crippen molar-refractivity contribution in [3.05, 3.63) is 51.7 Å². The highest BCUT2D eigenvalue weighted by Crippen LogP contribution is 2.23. The quantitative estimate of drug-likeness (QED) is 0.900. The van der Waals surface area contributed by atoms with E-state index >= 15 is 0 Å². The summed E-state index contributed by atoms with van der Waals surface area (Å²) in [6.07, 6.45) is 1.70. The molecule has 1 aromatic carbocycles. The van der Waals surface area contributed by atoms with E-state index in [2.05, 4.69) is 15.2 Å². The van der Waals surface area contributed by atoms with E-state index in [-0.39, 0.29) is 17.8 Å². The van der Waals surface area contributed by atoms with Crippen molar-refractivity contribution in [1.82, 2.24) is 15.2 Å². The van der Waals surface area contributed by atoms with Gasteiger partial charge in [0.25, 0.3) is 0 Å². The number of rotatable bonds is 5. The second kappa shape index (κ2) is 7.83. The largest absolute Gasteiger partial charge is 0.368 e. The molecule has 0 saturated carbocycles. The molecule has 1 N–H and O–H groups in total. The van der Waals surface area contributed by atoms with Gasteiger partial charge in [-0.1, -0.05) is 12.1 Å². The third-order valence-electron chi connectivity index (χ3n) is 3.96. The second-order valence-corrected chi connectivity index (χ2v) is 6.75. The smallest absolute Gasteiger partial charge is 0.234 e. The number of ether oxygens (including phenoxy) is 1. The molecule has 1 saturated heterocycles. The van der Waals surface area contributed by atoms with Crippen LogP contribution in [0.2, 0.25) is 0 Å². The first-order chi connectivity index (χ1) is 11.6. The molecule has 2 aromatic rings. The maximum absolute atomic E-state index is 13.2. The van der Waals surface area contributed by atoms with Crippen molar-refractivity contribution in [3.63, 3.8) is 0 Å². The number of amides is 1. The highest BCUT2D eigenvalue weighted by Gasteiger charge is 2.24. The van der Waals surface area contributed by atoms with E-state index in [1.54, 1.807) is 36.6 Å². The van der Waals surface area contributed by atoms with Gasteiger partial charge in [0.1, 0.15) is 16.9 Å². The lowest BCUT2D eigenvalue weighted by Crippen LogP contribution is -2.44. The van der Waals surface area contributed by atoms with E-state index in [9.17, 15) is 9.18 Å². The summed E-state index contributed by atoms with van der Waals surface area (Å²) in [6.45, 7) is 4.43. The molecule has 1 fully saturated rings. The minimum atomic E-state index is -0.230. The Kier molecular flexibility index (Phi) is 5.55. The highest BCUT2D eigenvalue weighted by molar-refractivity contribution is 7.09. The first-order valence-corrected chi connectivity index (χ1v) is 8.75. The van der Waals surface area contributed by atoms with Crippen LogP contribution in [-0.2, 0) is 16.1 Å². The van der Waals surface area contributed by atoms with Crippen molar-refractivity contribution in [2.24, 2.45) is 0 Å². The lowest BCUT2D eigenvalue weighted by atomic mass is 10.1. The number of aryl methyl sites for hydroxylation is 1. The van der Waals surface area contributed by atoms with Crippen LogP contribution in [0.4, 0.5) is 4.39 Å². The summed E-state index contributed by atoms with van der Waals surface area (Å²) in [5.74, 6) is -0.275. The topological polar surface area (TPSA) is 54.5 Å². The van der Waals surface area contributed by atoms with Gasteiger partial charge in [0.2, 0.25) is 5.91 Å². The first kappa shape index (κ1) is 17.0. The van der Waals surface area contributed by atoms with Crippen molar-refractivity contribution in [1.29, 1.82) is 0 Å². The molecule has 0 spiro atoms. The minimum absolute atomic E-state index is 0.0447. The van der Waals surface area contributed by atoms with E-state index in [0.29, 0.717) is 31.8 Å². The summed E-state index contributed by atoms with van der Waals surface area (Å²) in [7, 11) is 0. The number of carbonyl (C=O) groups is 1. The molecule has 7 heteroatoms. The molecule has 1 unspecified atom stereocenters. The van der Waals surface area contributed by atoms with Crippen LogP contribution in [0.15, 0.2) is 29.8 Å². The summed E-state index contributed by atoms with van der Waals surface area (Å²) in [5.41, 5.74) is 1.48. The summed E-state index contributed by atoms with van der Waals surface area (Å²) in [5, 5.41) is 5.76. The number of carbonyl (C=O) groups excluding carboxylic acids is 1.